The molecule has 0 aromatic heterocycles. The van der Waals surface area contributed by atoms with Gasteiger partial charge in [0, 0.05) is 11.7 Å². The first-order chi connectivity index (χ1) is 7.97. The van der Waals surface area contributed by atoms with Crippen LogP contribution in [0.5, 0.6) is 0 Å². The van der Waals surface area contributed by atoms with Gasteiger partial charge in [-0.1, -0.05) is 45.0 Å². The number of rotatable bonds is 2. The largest absolute Gasteiger partial charge is 0.298 e. The molecule has 1 aliphatic rings. The summed E-state index contributed by atoms with van der Waals surface area (Å²) in [6.07, 6.45) is 0.913. The van der Waals surface area contributed by atoms with Gasteiger partial charge in [-0.25, -0.2) is 0 Å². The molecule has 0 aliphatic carbocycles. The van der Waals surface area contributed by atoms with Crippen molar-refractivity contribution < 1.29 is 4.79 Å². The summed E-state index contributed by atoms with van der Waals surface area (Å²) in [4.78, 5) is 11.6. The first-order valence-corrected chi connectivity index (χ1v) is 7.32. The standard InChI is InChI=1S/C15H20OS/c1-15(2,3)13-6-4-11(5-7-13)8-12-9-17-10-14(12)16/h4-7,12H,8-10H2,1-3H3. The van der Waals surface area contributed by atoms with Crippen LogP contribution in [0.25, 0.3) is 0 Å². The van der Waals surface area contributed by atoms with Gasteiger partial charge in [-0.05, 0) is 23.0 Å². The molecule has 1 atom stereocenters. The van der Waals surface area contributed by atoms with Crippen molar-refractivity contribution in [3.63, 3.8) is 0 Å². The summed E-state index contributed by atoms with van der Waals surface area (Å²) < 4.78 is 0. The van der Waals surface area contributed by atoms with E-state index < -0.39 is 0 Å². The lowest BCUT2D eigenvalue weighted by atomic mass is 9.86. The van der Waals surface area contributed by atoms with Crippen molar-refractivity contribution in [1.29, 1.82) is 0 Å². The molecule has 0 amide bonds. The summed E-state index contributed by atoms with van der Waals surface area (Å²) in [6.45, 7) is 6.66. The minimum absolute atomic E-state index is 0.206. The van der Waals surface area contributed by atoms with Crippen LogP contribution in [0.3, 0.4) is 0 Å². The topological polar surface area (TPSA) is 17.1 Å². The molecule has 1 heterocycles. The smallest absolute Gasteiger partial charge is 0.146 e. The summed E-state index contributed by atoms with van der Waals surface area (Å²) in [5, 5.41) is 0. The number of carbonyl (C=O) groups excluding carboxylic acids is 1. The van der Waals surface area contributed by atoms with Crippen molar-refractivity contribution in [2.45, 2.75) is 32.6 Å². The first kappa shape index (κ1) is 12.7. The minimum atomic E-state index is 0.206. The molecule has 17 heavy (non-hydrogen) atoms. The zero-order chi connectivity index (χ0) is 12.5. The minimum Gasteiger partial charge on any atom is -0.298 e. The molecule has 2 rings (SSSR count). The normalized spacial score (nSPS) is 20.9. The Balaban J connectivity index is 2.06. The third kappa shape index (κ3) is 3.12. The van der Waals surface area contributed by atoms with Crippen LogP contribution in [0.4, 0.5) is 0 Å². The van der Waals surface area contributed by atoms with E-state index in [4.69, 9.17) is 0 Å². The monoisotopic (exact) mass is 248 g/mol. The van der Waals surface area contributed by atoms with E-state index in [0.29, 0.717) is 11.5 Å². The fourth-order valence-corrected chi connectivity index (χ4v) is 3.25. The van der Waals surface area contributed by atoms with Crippen molar-refractivity contribution in [1.82, 2.24) is 0 Å². The van der Waals surface area contributed by atoms with Crippen LogP contribution in [0, 0.1) is 5.92 Å². The van der Waals surface area contributed by atoms with Gasteiger partial charge in [0.2, 0.25) is 0 Å². The molecule has 1 unspecified atom stereocenters. The molecule has 1 nitrogen and oxygen atoms in total. The summed E-state index contributed by atoms with van der Waals surface area (Å²) in [5.74, 6) is 2.39. The highest BCUT2D eigenvalue weighted by Gasteiger charge is 2.25. The lowest BCUT2D eigenvalue weighted by Gasteiger charge is -2.19. The molecule has 0 bridgehead atoms. The molecule has 92 valence electrons. The van der Waals surface area contributed by atoms with Crippen LogP contribution in [0.15, 0.2) is 24.3 Å². The highest BCUT2D eigenvalue weighted by atomic mass is 32.2. The zero-order valence-corrected chi connectivity index (χ0v) is 11.6. The Morgan fingerprint density at radius 3 is 2.35 bits per heavy atom. The van der Waals surface area contributed by atoms with E-state index in [0.717, 1.165) is 12.2 Å². The van der Waals surface area contributed by atoms with Crippen molar-refractivity contribution in [2.75, 3.05) is 11.5 Å². The molecule has 1 aromatic rings. The maximum absolute atomic E-state index is 11.6. The van der Waals surface area contributed by atoms with E-state index in [1.54, 1.807) is 11.8 Å². The maximum Gasteiger partial charge on any atom is 0.146 e. The van der Waals surface area contributed by atoms with Crippen molar-refractivity contribution >= 4 is 17.5 Å². The highest BCUT2D eigenvalue weighted by Crippen LogP contribution is 2.26. The number of hydrogen-bond acceptors (Lipinski definition) is 2. The van der Waals surface area contributed by atoms with Crippen LogP contribution >= 0.6 is 11.8 Å². The molecule has 1 aliphatic heterocycles. The van der Waals surface area contributed by atoms with Crippen LogP contribution in [-0.4, -0.2) is 17.3 Å². The van der Waals surface area contributed by atoms with Crippen LogP contribution in [0.2, 0.25) is 0 Å². The molecular weight excluding hydrogens is 228 g/mol. The van der Waals surface area contributed by atoms with Gasteiger partial charge < -0.3 is 0 Å². The SMILES string of the molecule is CC(C)(C)c1ccc(CC2CSCC2=O)cc1. The first-order valence-electron chi connectivity index (χ1n) is 6.17. The molecule has 0 radical (unpaired) electrons. The van der Waals surface area contributed by atoms with Gasteiger partial charge in [-0.15, -0.1) is 0 Å². The van der Waals surface area contributed by atoms with Gasteiger partial charge in [0.15, 0.2) is 0 Å². The van der Waals surface area contributed by atoms with Crippen LogP contribution in [-0.2, 0) is 16.6 Å². The fourth-order valence-electron chi connectivity index (χ4n) is 2.11. The average Bonchev–Trinajstić information content (AvgIpc) is 2.64. The fraction of sp³-hybridized carbons (Fsp3) is 0.533. The van der Waals surface area contributed by atoms with E-state index in [1.165, 1.54) is 11.1 Å². The predicted molar refractivity (Wildman–Crippen MR) is 74.7 cm³/mol. The summed E-state index contributed by atoms with van der Waals surface area (Å²) in [6, 6.07) is 8.75. The van der Waals surface area contributed by atoms with Crippen molar-refractivity contribution in [3.05, 3.63) is 35.4 Å². The molecule has 1 aromatic carbocycles. The van der Waals surface area contributed by atoms with Gasteiger partial charge >= 0.3 is 0 Å². The van der Waals surface area contributed by atoms with Crippen molar-refractivity contribution in [2.24, 2.45) is 5.92 Å². The predicted octanol–water partition coefficient (Wildman–Crippen LogP) is 3.46. The molecular formula is C15H20OS. The molecule has 0 saturated carbocycles. The Bertz CT molecular complexity index is 400. The average molecular weight is 248 g/mol. The number of benzene rings is 1. The number of hydrogen-bond donors (Lipinski definition) is 0. The van der Waals surface area contributed by atoms with E-state index in [9.17, 15) is 4.79 Å². The van der Waals surface area contributed by atoms with Gasteiger partial charge in [-0.2, -0.15) is 11.8 Å². The van der Waals surface area contributed by atoms with Crippen molar-refractivity contribution in [3.8, 4) is 0 Å². The van der Waals surface area contributed by atoms with E-state index >= 15 is 0 Å². The Labute approximate surface area is 108 Å². The van der Waals surface area contributed by atoms with E-state index in [-0.39, 0.29) is 11.3 Å². The zero-order valence-electron chi connectivity index (χ0n) is 10.8. The molecule has 1 fully saturated rings. The van der Waals surface area contributed by atoms with Crippen LogP contribution < -0.4 is 0 Å². The Morgan fingerprint density at radius 2 is 1.88 bits per heavy atom. The number of carbonyl (C=O) groups is 1. The number of thioether (sulfide) groups is 1. The summed E-state index contributed by atoms with van der Waals surface area (Å²) in [7, 11) is 0. The Hall–Kier alpha value is -0.760. The second kappa shape index (κ2) is 4.85. The summed E-state index contributed by atoms with van der Waals surface area (Å²) in [5.41, 5.74) is 2.85. The third-order valence-corrected chi connectivity index (χ3v) is 4.45. The van der Waals surface area contributed by atoms with E-state index in [1.807, 2.05) is 0 Å². The molecule has 2 heteroatoms. The lowest BCUT2D eigenvalue weighted by molar-refractivity contribution is -0.119. The molecule has 1 saturated heterocycles. The number of ketones is 1. The van der Waals surface area contributed by atoms with Crippen LogP contribution in [0.1, 0.15) is 31.9 Å². The van der Waals surface area contributed by atoms with Gasteiger partial charge in [0.1, 0.15) is 5.78 Å². The van der Waals surface area contributed by atoms with Gasteiger partial charge in [0.25, 0.3) is 0 Å². The summed E-state index contributed by atoms with van der Waals surface area (Å²) >= 11 is 1.77. The Morgan fingerprint density at radius 1 is 1.24 bits per heavy atom. The maximum atomic E-state index is 11.6. The molecule has 0 spiro atoms. The Kier molecular flexibility index (Phi) is 3.62. The third-order valence-electron chi connectivity index (χ3n) is 3.32. The van der Waals surface area contributed by atoms with E-state index in [2.05, 4.69) is 45.0 Å². The second-order valence-corrected chi connectivity index (χ2v) is 6.86. The van der Waals surface area contributed by atoms with Gasteiger partial charge in [-0.3, -0.25) is 4.79 Å². The second-order valence-electron chi connectivity index (χ2n) is 5.83. The number of Topliss-reactive ketones (excluding diaryl/α,β-unsaturated/α-hetero) is 1. The lowest BCUT2D eigenvalue weighted by Crippen LogP contribution is -2.14. The van der Waals surface area contributed by atoms with Gasteiger partial charge in [0.05, 0.1) is 5.75 Å². The highest BCUT2D eigenvalue weighted by molar-refractivity contribution is 8.00. The quantitative estimate of drug-likeness (QED) is 0.797. The molecule has 0 N–H and O–H groups in total.